The molecule has 2 N–H and O–H groups in total. The lowest BCUT2D eigenvalue weighted by Gasteiger charge is -1.98. The van der Waals surface area contributed by atoms with Gasteiger partial charge in [-0.15, -0.1) is 10.2 Å². The molecule has 0 fully saturated rings. The maximum Gasteiger partial charge on any atom is 0.112 e. The second-order valence-electron chi connectivity index (χ2n) is 2.47. The Balaban J connectivity index is 2.88. The van der Waals surface area contributed by atoms with E-state index in [1.54, 1.807) is 18.2 Å². The second kappa shape index (κ2) is 5.53. The summed E-state index contributed by atoms with van der Waals surface area (Å²) >= 11 is 0. The molecule has 0 saturated carbocycles. The van der Waals surface area contributed by atoms with Crippen molar-refractivity contribution < 1.29 is 9.68 Å². The molecule has 0 atom stereocenters. The number of hydrogen-bond donors (Lipinski definition) is 1. The van der Waals surface area contributed by atoms with Gasteiger partial charge < -0.3 is 15.4 Å². The van der Waals surface area contributed by atoms with Gasteiger partial charge in [-0.1, -0.05) is 0 Å². The van der Waals surface area contributed by atoms with Crippen LogP contribution >= 0.6 is 0 Å². The van der Waals surface area contributed by atoms with Crippen LogP contribution in [0.15, 0.2) is 39.0 Å². The highest BCUT2D eigenvalue weighted by molar-refractivity contribution is 5.66. The Morgan fingerprint density at radius 1 is 1.07 bits per heavy atom. The lowest BCUT2D eigenvalue weighted by atomic mass is 10.2. The Labute approximate surface area is 86.5 Å². The van der Waals surface area contributed by atoms with Crippen molar-refractivity contribution >= 4 is 17.1 Å². The summed E-state index contributed by atoms with van der Waals surface area (Å²) in [5.41, 5.74) is 7.20. The van der Waals surface area contributed by atoms with Gasteiger partial charge in [0.05, 0.1) is 11.4 Å². The Hall–Kier alpha value is -2.18. The first-order chi connectivity index (χ1) is 7.27. The number of benzene rings is 1. The Morgan fingerprint density at radius 2 is 1.73 bits per heavy atom. The predicted octanol–water partition coefficient (Wildman–Crippen LogP) is 2.56. The van der Waals surface area contributed by atoms with Crippen LogP contribution in [-0.4, -0.2) is 14.2 Å². The van der Waals surface area contributed by atoms with Crippen LogP contribution in [0.25, 0.3) is 0 Å². The summed E-state index contributed by atoms with van der Waals surface area (Å²) in [6.07, 6.45) is 0. The van der Waals surface area contributed by atoms with Gasteiger partial charge in [0, 0.05) is 10.6 Å². The summed E-state index contributed by atoms with van der Waals surface area (Å²) in [6, 6.07) is 4.94. The molecule has 0 amide bonds. The van der Waals surface area contributed by atoms with E-state index >= 15 is 0 Å². The van der Waals surface area contributed by atoms with Gasteiger partial charge in [-0.2, -0.15) is 0 Å². The number of nitrogens with two attached hydrogens (primary N) is 1. The Bertz CT molecular complexity index is 377. The molecule has 80 valence electrons. The van der Waals surface area contributed by atoms with Gasteiger partial charge in [-0.25, -0.2) is 0 Å². The number of anilines is 1. The van der Waals surface area contributed by atoms with Crippen LogP contribution in [0, 0.1) is 0 Å². The van der Waals surface area contributed by atoms with Crippen molar-refractivity contribution in [2.24, 2.45) is 20.8 Å². The zero-order valence-corrected chi connectivity index (χ0v) is 8.41. The van der Waals surface area contributed by atoms with Crippen molar-refractivity contribution in [1.82, 2.24) is 0 Å². The van der Waals surface area contributed by atoms with Gasteiger partial charge in [0.15, 0.2) is 0 Å². The van der Waals surface area contributed by atoms with Crippen LogP contribution < -0.4 is 5.73 Å². The molecule has 1 aromatic carbocycles. The highest BCUT2D eigenvalue weighted by atomic mass is 16.6. The van der Waals surface area contributed by atoms with Crippen LogP contribution in [0.3, 0.4) is 0 Å². The molecular formula is C8H11N5O2. The molecule has 0 aliphatic heterocycles. The number of rotatable bonds is 4. The first kappa shape index (κ1) is 10.9. The molecule has 0 heterocycles. The predicted molar refractivity (Wildman–Crippen MR) is 53.9 cm³/mol. The lowest BCUT2D eigenvalue weighted by molar-refractivity contribution is 0.190. The van der Waals surface area contributed by atoms with Gasteiger partial charge in [0.1, 0.15) is 19.9 Å². The third kappa shape index (κ3) is 3.22. The molecule has 1 aromatic rings. The van der Waals surface area contributed by atoms with Crippen molar-refractivity contribution in [1.29, 1.82) is 0 Å². The minimum atomic E-state index is 0.434. The molecule has 0 bridgehead atoms. The maximum atomic E-state index is 5.68. The second-order valence-corrected chi connectivity index (χ2v) is 2.47. The summed E-state index contributed by atoms with van der Waals surface area (Å²) < 4.78 is 0. The summed E-state index contributed by atoms with van der Waals surface area (Å²) in [7, 11) is 2.81. The van der Waals surface area contributed by atoms with Crippen LogP contribution in [0.4, 0.5) is 17.1 Å². The van der Waals surface area contributed by atoms with E-state index in [2.05, 4.69) is 30.5 Å². The molecule has 0 spiro atoms. The zero-order chi connectivity index (χ0) is 11.1. The molecule has 0 aliphatic rings. The van der Waals surface area contributed by atoms with Gasteiger partial charge in [0.2, 0.25) is 0 Å². The van der Waals surface area contributed by atoms with Crippen molar-refractivity contribution in [2.75, 3.05) is 20.0 Å². The van der Waals surface area contributed by atoms with E-state index in [9.17, 15) is 0 Å². The van der Waals surface area contributed by atoms with Crippen LogP contribution in [0.1, 0.15) is 0 Å². The highest BCUT2D eigenvalue weighted by Gasteiger charge is 1.99. The largest absolute Gasteiger partial charge is 0.397 e. The summed E-state index contributed by atoms with van der Waals surface area (Å²) in [6.45, 7) is 0. The van der Waals surface area contributed by atoms with Crippen molar-refractivity contribution in [2.45, 2.75) is 0 Å². The van der Waals surface area contributed by atoms with E-state index in [1.165, 1.54) is 14.2 Å². The van der Waals surface area contributed by atoms with Gasteiger partial charge in [0.25, 0.3) is 0 Å². The number of nitrogens with zero attached hydrogens (tertiary/aromatic N) is 4. The standard InChI is InChI=1S/C8H11N5O2/c1-14-12-10-6-3-4-8(7(9)5-6)11-13-15-2/h3-5H,9H2,1-2H3/b12-10+,13-11+. The maximum absolute atomic E-state index is 5.68. The third-order valence-corrected chi connectivity index (χ3v) is 1.48. The molecule has 0 saturated heterocycles. The fraction of sp³-hybridized carbons (Fsp3) is 0.250. The molecular weight excluding hydrogens is 198 g/mol. The minimum Gasteiger partial charge on any atom is -0.397 e. The van der Waals surface area contributed by atoms with Crippen molar-refractivity contribution in [3.05, 3.63) is 18.2 Å². The summed E-state index contributed by atoms with van der Waals surface area (Å²) in [4.78, 5) is 8.87. The first-order valence-electron chi connectivity index (χ1n) is 4.06. The van der Waals surface area contributed by atoms with E-state index in [4.69, 9.17) is 5.73 Å². The lowest BCUT2D eigenvalue weighted by Crippen LogP contribution is -1.84. The molecule has 15 heavy (non-hydrogen) atoms. The van der Waals surface area contributed by atoms with E-state index in [0.717, 1.165) is 0 Å². The zero-order valence-electron chi connectivity index (χ0n) is 8.41. The monoisotopic (exact) mass is 209 g/mol. The molecule has 7 nitrogen and oxygen atoms in total. The Kier molecular flexibility index (Phi) is 4.02. The number of nitrogen functional groups attached to an aromatic ring is 1. The van der Waals surface area contributed by atoms with Crippen LogP contribution in [0.2, 0.25) is 0 Å². The van der Waals surface area contributed by atoms with E-state index in [-0.39, 0.29) is 0 Å². The summed E-state index contributed by atoms with van der Waals surface area (Å²) in [5.74, 6) is 0. The smallest absolute Gasteiger partial charge is 0.112 e. The Morgan fingerprint density at radius 3 is 2.33 bits per heavy atom. The quantitative estimate of drug-likeness (QED) is 0.469. The topological polar surface area (TPSA) is 93.9 Å². The molecule has 0 radical (unpaired) electrons. The van der Waals surface area contributed by atoms with Gasteiger partial charge >= 0.3 is 0 Å². The third-order valence-electron chi connectivity index (χ3n) is 1.48. The van der Waals surface area contributed by atoms with Crippen LogP contribution in [-0.2, 0) is 9.68 Å². The molecule has 7 heteroatoms. The molecule has 0 unspecified atom stereocenters. The molecule has 1 rings (SSSR count). The normalized spacial score (nSPS) is 11.1. The molecule has 0 aliphatic carbocycles. The average Bonchev–Trinajstić information content (AvgIpc) is 2.25. The van der Waals surface area contributed by atoms with Crippen LogP contribution in [0.5, 0.6) is 0 Å². The minimum absolute atomic E-state index is 0.434. The fourth-order valence-corrected chi connectivity index (χ4v) is 0.868. The number of hydrogen-bond acceptors (Lipinski definition) is 7. The van der Waals surface area contributed by atoms with E-state index < -0.39 is 0 Å². The first-order valence-corrected chi connectivity index (χ1v) is 4.06. The van der Waals surface area contributed by atoms with Crippen molar-refractivity contribution in [3.8, 4) is 0 Å². The van der Waals surface area contributed by atoms with E-state index in [0.29, 0.717) is 17.1 Å². The fourth-order valence-electron chi connectivity index (χ4n) is 0.868. The highest BCUT2D eigenvalue weighted by Crippen LogP contribution is 2.27. The average molecular weight is 209 g/mol. The molecule has 0 aromatic heterocycles. The SMILES string of the molecule is CO/N=N/c1ccc(/N=N/OC)c(N)c1. The van der Waals surface area contributed by atoms with Gasteiger partial charge in [-0.3, -0.25) is 0 Å². The van der Waals surface area contributed by atoms with E-state index in [1.807, 2.05) is 0 Å². The summed E-state index contributed by atoms with van der Waals surface area (Å²) in [5, 5.41) is 14.2. The van der Waals surface area contributed by atoms with Crippen molar-refractivity contribution in [3.63, 3.8) is 0 Å². The van der Waals surface area contributed by atoms with Gasteiger partial charge in [-0.05, 0) is 18.2 Å².